The summed E-state index contributed by atoms with van der Waals surface area (Å²) in [5.41, 5.74) is 0. The summed E-state index contributed by atoms with van der Waals surface area (Å²) in [7, 11) is 0. The number of carbonyl (C=O) groups excluding carboxylic acids is 3. The maximum Gasteiger partial charge on any atom is 0.528 e. The summed E-state index contributed by atoms with van der Waals surface area (Å²) in [4.78, 5) is 33.8. The smallest absolute Gasteiger partial charge is 0.401 e. The lowest BCUT2D eigenvalue weighted by Gasteiger charge is -2.21. The van der Waals surface area contributed by atoms with E-state index in [0.717, 1.165) is 0 Å². The van der Waals surface area contributed by atoms with Gasteiger partial charge in [-0.2, -0.15) is 0 Å². The molecule has 0 heterocycles. The number of ether oxygens (including phenoxy) is 4. The van der Waals surface area contributed by atoms with Crippen molar-refractivity contribution in [1.29, 1.82) is 0 Å². The molecule has 2 fully saturated rings. The van der Waals surface area contributed by atoms with Crippen LogP contribution >= 0.6 is 0 Å². The molecule has 9 heteroatoms. The average molecular weight is 318 g/mol. The predicted molar refractivity (Wildman–Crippen MR) is 67.4 cm³/mol. The van der Waals surface area contributed by atoms with Crippen LogP contribution in [0.5, 0.6) is 0 Å². The van der Waals surface area contributed by atoms with Crippen LogP contribution in [-0.4, -0.2) is 40.3 Å². The number of hydrogen-bond donors (Lipinski definition) is 2. The first-order chi connectivity index (χ1) is 10.3. The highest BCUT2D eigenvalue weighted by Gasteiger charge is 2.38. The van der Waals surface area contributed by atoms with Gasteiger partial charge in [-0.3, -0.25) is 0 Å². The lowest BCUT2D eigenvalue weighted by molar-refractivity contribution is -0.172. The highest BCUT2D eigenvalue weighted by atomic mass is 16.9. The molecule has 0 aromatic carbocycles. The Kier molecular flexibility index (Phi) is 4.87. The summed E-state index contributed by atoms with van der Waals surface area (Å²) in [6.45, 7) is 0. The van der Waals surface area contributed by atoms with E-state index in [1.54, 1.807) is 0 Å². The SMILES string of the molecule is O=C(OC(=O)OC1(O)CCCC1)OC(=O)OC1(O)CCCC1. The van der Waals surface area contributed by atoms with Crippen molar-refractivity contribution in [3.8, 4) is 0 Å². The summed E-state index contributed by atoms with van der Waals surface area (Å²) in [5.74, 6) is -3.31. The van der Waals surface area contributed by atoms with Gasteiger partial charge < -0.3 is 29.2 Å². The van der Waals surface area contributed by atoms with Crippen LogP contribution in [0.4, 0.5) is 14.4 Å². The van der Waals surface area contributed by atoms with E-state index in [0.29, 0.717) is 25.7 Å². The van der Waals surface area contributed by atoms with Gasteiger partial charge in [0.05, 0.1) is 0 Å². The van der Waals surface area contributed by atoms with Crippen molar-refractivity contribution in [3.63, 3.8) is 0 Å². The van der Waals surface area contributed by atoms with Crippen molar-refractivity contribution in [1.82, 2.24) is 0 Å². The molecule has 2 saturated carbocycles. The molecule has 22 heavy (non-hydrogen) atoms. The first kappa shape index (κ1) is 16.5. The van der Waals surface area contributed by atoms with Gasteiger partial charge in [0.2, 0.25) is 11.6 Å². The predicted octanol–water partition coefficient (Wildman–Crippen LogP) is 1.94. The van der Waals surface area contributed by atoms with Crippen molar-refractivity contribution in [2.75, 3.05) is 0 Å². The van der Waals surface area contributed by atoms with Crippen molar-refractivity contribution in [2.24, 2.45) is 0 Å². The normalized spacial score (nSPS) is 21.9. The largest absolute Gasteiger partial charge is 0.528 e. The molecular formula is C13H18O9. The molecule has 0 aliphatic heterocycles. The third kappa shape index (κ3) is 4.57. The summed E-state index contributed by atoms with van der Waals surface area (Å²) >= 11 is 0. The Bertz CT molecular complexity index is 406. The minimum Gasteiger partial charge on any atom is -0.401 e. The minimum atomic E-state index is -1.66. The zero-order chi connectivity index (χ0) is 16.2. The van der Waals surface area contributed by atoms with Gasteiger partial charge in [-0.05, 0) is 25.7 Å². The Morgan fingerprint density at radius 1 is 0.636 bits per heavy atom. The van der Waals surface area contributed by atoms with Crippen molar-refractivity contribution >= 4 is 18.5 Å². The molecule has 0 saturated heterocycles. The van der Waals surface area contributed by atoms with Gasteiger partial charge in [0.15, 0.2) is 0 Å². The Morgan fingerprint density at radius 2 is 0.955 bits per heavy atom. The van der Waals surface area contributed by atoms with Crippen LogP contribution in [0.2, 0.25) is 0 Å². The molecule has 0 spiro atoms. The van der Waals surface area contributed by atoms with Crippen LogP contribution in [0.25, 0.3) is 0 Å². The molecular weight excluding hydrogens is 300 g/mol. The van der Waals surface area contributed by atoms with Gasteiger partial charge in [-0.15, -0.1) is 0 Å². The van der Waals surface area contributed by atoms with E-state index >= 15 is 0 Å². The van der Waals surface area contributed by atoms with Gasteiger partial charge >= 0.3 is 18.5 Å². The Morgan fingerprint density at radius 3 is 1.27 bits per heavy atom. The van der Waals surface area contributed by atoms with E-state index in [2.05, 4.69) is 18.9 Å². The molecule has 9 nitrogen and oxygen atoms in total. The first-order valence-corrected chi connectivity index (χ1v) is 7.11. The van der Waals surface area contributed by atoms with E-state index in [9.17, 15) is 24.6 Å². The second-order valence-corrected chi connectivity index (χ2v) is 5.46. The molecule has 0 unspecified atom stereocenters. The first-order valence-electron chi connectivity index (χ1n) is 7.11. The fourth-order valence-electron chi connectivity index (χ4n) is 2.57. The molecule has 2 rings (SSSR count). The number of hydrogen-bond acceptors (Lipinski definition) is 9. The van der Waals surface area contributed by atoms with E-state index in [1.807, 2.05) is 0 Å². The van der Waals surface area contributed by atoms with Gasteiger partial charge in [-0.1, -0.05) is 0 Å². The van der Waals surface area contributed by atoms with E-state index < -0.39 is 30.0 Å². The van der Waals surface area contributed by atoms with Crippen molar-refractivity contribution in [2.45, 2.75) is 62.9 Å². The fourth-order valence-corrected chi connectivity index (χ4v) is 2.57. The highest BCUT2D eigenvalue weighted by molar-refractivity contribution is 5.83. The molecule has 124 valence electrons. The molecule has 2 aliphatic carbocycles. The summed E-state index contributed by atoms with van der Waals surface area (Å²) in [5, 5.41) is 19.6. The number of carbonyl (C=O) groups is 3. The molecule has 0 amide bonds. The third-order valence-electron chi connectivity index (χ3n) is 3.65. The lowest BCUT2D eigenvalue weighted by atomic mass is 10.2. The fraction of sp³-hybridized carbons (Fsp3) is 0.769. The second kappa shape index (κ2) is 6.49. The van der Waals surface area contributed by atoms with E-state index in [1.165, 1.54) is 0 Å². The maximum absolute atomic E-state index is 11.3. The Labute approximate surface area is 126 Å². The number of rotatable bonds is 2. The lowest BCUT2D eigenvalue weighted by Crippen LogP contribution is -2.34. The zero-order valence-corrected chi connectivity index (χ0v) is 11.9. The van der Waals surface area contributed by atoms with Crippen molar-refractivity contribution < 1.29 is 43.5 Å². The quantitative estimate of drug-likeness (QED) is 0.445. The van der Waals surface area contributed by atoms with Gasteiger partial charge in [0.1, 0.15) is 0 Å². The van der Waals surface area contributed by atoms with Crippen LogP contribution in [0.15, 0.2) is 0 Å². The topological polar surface area (TPSA) is 129 Å². The average Bonchev–Trinajstić information content (AvgIpc) is 2.97. The Hall–Kier alpha value is -1.87. The number of aliphatic hydroxyl groups is 2. The minimum absolute atomic E-state index is 0.242. The second-order valence-electron chi connectivity index (χ2n) is 5.46. The summed E-state index contributed by atoms with van der Waals surface area (Å²) in [6.07, 6.45) is -0.908. The Balaban J connectivity index is 1.72. The standard InChI is InChI=1S/C13H18O9/c14-9(19-10(15)21-12(17)5-1-2-6-12)20-11(16)22-13(18)7-3-4-8-13/h17-18H,1-8H2. The van der Waals surface area contributed by atoms with Crippen molar-refractivity contribution in [3.05, 3.63) is 0 Å². The molecule has 0 aromatic heterocycles. The molecule has 0 atom stereocenters. The van der Waals surface area contributed by atoms with Crippen LogP contribution in [0.3, 0.4) is 0 Å². The van der Waals surface area contributed by atoms with Gasteiger partial charge in [0, 0.05) is 25.7 Å². The maximum atomic E-state index is 11.3. The van der Waals surface area contributed by atoms with E-state index in [-0.39, 0.29) is 25.7 Å². The molecule has 0 aromatic rings. The monoisotopic (exact) mass is 318 g/mol. The molecule has 2 aliphatic rings. The summed E-state index contributed by atoms with van der Waals surface area (Å²) < 4.78 is 17.4. The van der Waals surface area contributed by atoms with Crippen LogP contribution in [-0.2, 0) is 18.9 Å². The summed E-state index contributed by atoms with van der Waals surface area (Å²) in [6, 6.07) is 0. The van der Waals surface area contributed by atoms with Crippen LogP contribution in [0.1, 0.15) is 51.4 Å². The van der Waals surface area contributed by atoms with Crippen LogP contribution < -0.4 is 0 Å². The van der Waals surface area contributed by atoms with Gasteiger partial charge in [-0.25, -0.2) is 14.4 Å². The molecule has 0 radical (unpaired) electrons. The van der Waals surface area contributed by atoms with Gasteiger partial charge in [0.25, 0.3) is 0 Å². The van der Waals surface area contributed by atoms with Crippen LogP contribution in [0, 0.1) is 0 Å². The zero-order valence-electron chi connectivity index (χ0n) is 11.9. The molecule has 2 N–H and O–H groups in total. The highest BCUT2D eigenvalue weighted by Crippen LogP contribution is 2.31. The molecule has 0 bridgehead atoms. The van der Waals surface area contributed by atoms with E-state index in [4.69, 9.17) is 0 Å². The third-order valence-corrected chi connectivity index (χ3v) is 3.65.